The first-order valence-corrected chi connectivity index (χ1v) is 6.95. The molecule has 0 aromatic heterocycles. The van der Waals surface area contributed by atoms with Crippen molar-refractivity contribution in [3.05, 3.63) is 54.1 Å². The Balaban J connectivity index is 1.86. The van der Waals surface area contributed by atoms with Crippen molar-refractivity contribution in [2.24, 2.45) is 5.73 Å². The van der Waals surface area contributed by atoms with Crippen molar-refractivity contribution in [2.45, 2.75) is 19.8 Å². The molecule has 2 rings (SSSR count). The zero-order chi connectivity index (χ0) is 14.2. The highest BCUT2D eigenvalue weighted by atomic mass is 16.5. The van der Waals surface area contributed by atoms with E-state index in [1.54, 1.807) is 0 Å². The van der Waals surface area contributed by atoms with Crippen molar-refractivity contribution >= 4 is 0 Å². The average molecular weight is 271 g/mol. The van der Waals surface area contributed by atoms with Gasteiger partial charge in [-0.1, -0.05) is 17.7 Å². The number of nitrogens with two attached hydrogens (primary N) is 1. The number of benzene rings is 2. The van der Waals surface area contributed by atoms with Gasteiger partial charge in [-0.25, -0.2) is 0 Å². The van der Waals surface area contributed by atoms with Crippen LogP contribution in [0.4, 0.5) is 0 Å². The van der Waals surface area contributed by atoms with Crippen molar-refractivity contribution in [1.29, 1.82) is 0 Å². The summed E-state index contributed by atoms with van der Waals surface area (Å²) >= 11 is 0. The number of hydrogen-bond acceptors (Lipinski definition) is 3. The molecule has 0 bridgehead atoms. The maximum absolute atomic E-state index is 5.76. The lowest BCUT2D eigenvalue weighted by molar-refractivity contribution is 0.307. The summed E-state index contributed by atoms with van der Waals surface area (Å²) in [6.45, 7) is 3.47. The summed E-state index contributed by atoms with van der Waals surface area (Å²) in [5.74, 6) is 2.51. The van der Waals surface area contributed by atoms with Crippen LogP contribution in [0.1, 0.15) is 18.4 Å². The normalized spacial score (nSPS) is 10.3. The summed E-state index contributed by atoms with van der Waals surface area (Å²) in [4.78, 5) is 0. The standard InChI is InChI=1S/C17H21NO2/c1-14-4-6-16(7-5-14)20-17-10-8-15(9-11-17)19-13-3-2-12-18/h4-11H,2-3,12-13,18H2,1H3. The van der Waals surface area contributed by atoms with E-state index in [9.17, 15) is 0 Å². The highest BCUT2D eigenvalue weighted by molar-refractivity contribution is 5.36. The summed E-state index contributed by atoms with van der Waals surface area (Å²) in [6.07, 6.45) is 1.98. The fraction of sp³-hybridized carbons (Fsp3) is 0.294. The number of unbranched alkanes of at least 4 members (excludes halogenated alkanes) is 1. The molecule has 2 aromatic rings. The molecule has 0 saturated heterocycles. The minimum Gasteiger partial charge on any atom is -0.494 e. The zero-order valence-corrected chi connectivity index (χ0v) is 11.8. The van der Waals surface area contributed by atoms with Crippen molar-refractivity contribution in [3.8, 4) is 17.2 Å². The van der Waals surface area contributed by atoms with Gasteiger partial charge in [-0.15, -0.1) is 0 Å². The van der Waals surface area contributed by atoms with Crippen LogP contribution in [0.5, 0.6) is 17.2 Å². The fourth-order valence-electron chi connectivity index (χ4n) is 1.78. The SMILES string of the molecule is Cc1ccc(Oc2ccc(OCCCCN)cc2)cc1. The lowest BCUT2D eigenvalue weighted by Crippen LogP contribution is -2.03. The van der Waals surface area contributed by atoms with Gasteiger partial charge in [0.2, 0.25) is 0 Å². The van der Waals surface area contributed by atoms with Crippen LogP contribution < -0.4 is 15.2 Å². The second kappa shape index (κ2) is 7.56. The molecular weight excluding hydrogens is 250 g/mol. The molecule has 2 aromatic carbocycles. The van der Waals surface area contributed by atoms with Crippen LogP contribution in [0.2, 0.25) is 0 Å². The third kappa shape index (κ3) is 4.59. The van der Waals surface area contributed by atoms with Gasteiger partial charge in [0.25, 0.3) is 0 Å². The van der Waals surface area contributed by atoms with Gasteiger partial charge < -0.3 is 15.2 Å². The van der Waals surface area contributed by atoms with Crippen molar-refractivity contribution < 1.29 is 9.47 Å². The minimum atomic E-state index is 0.704. The molecule has 0 spiro atoms. The molecule has 0 unspecified atom stereocenters. The van der Waals surface area contributed by atoms with Gasteiger partial charge in [-0.3, -0.25) is 0 Å². The van der Waals surface area contributed by atoms with Gasteiger partial charge in [0, 0.05) is 0 Å². The molecule has 3 nitrogen and oxygen atoms in total. The van der Waals surface area contributed by atoms with Crippen LogP contribution in [0.25, 0.3) is 0 Å². The summed E-state index contributed by atoms with van der Waals surface area (Å²) in [7, 11) is 0. The highest BCUT2D eigenvalue weighted by Gasteiger charge is 1.98. The summed E-state index contributed by atoms with van der Waals surface area (Å²) in [5.41, 5.74) is 6.66. The molecule has 0 amide bonds. The van der Waals surface area contributed by atoms with E-state index < -0.39 is 0 Å². The molecule has 0 heterocycles. The summed E-state index contributed by atoms with van der Waals surface area (Å²) < 4.78 is 11.4. The van der Waals surface area contributed by atoms with Gasteiger partial charge in [0.15, 0.2) is 0 Å². The Morgan fingerprint density at radius 3 is 1.95 bits per heavy atom. The van der Waals surface area contributed by atoms with Gasteiger partial charge >= 0.3 is 0 Å². The van der Waals surface area contributed by atoms with Crippen LogP contribution >= 0.6 is 0 Å². The Bertz CT molecular complexity index is 506. The van der Waals surface area contributed by atoms with E-state index in [-0.39, 0.29) is 0 Å². The number of rotatable bonds is 7. The first-order chi connectivity index (χ1) is 9.78. The molecule has 0 aliphatic heterocycles. The second-order valence-corrected chi connectivity index (χ2v) is 4.73. The molecule has 3 heteroatoms. The van der Waals surface area contributed by atoms with Crippen molar-refractivity contribution in [3.63, 3.8) is 0 Å². The van der Waals surface area contributed by atoms with Crippen LogP contribution in [0, 0.1) is 6.92 Å². The predicted molar refractivity (Wildman–Crippen MR) is 81.5 cm³/mol. The van der Waals surface area contributed by atoms with Crippen molar-refractivity contribution in [2.75, 3.05) is 13.2 Å². The maximum Gasteiger partial charge on any atom is 0.127 e. The molecule has 0 aliphatic rings. The van der Waals surface area contributed by atoms with E-state index in [2.05, 4.69) is 6.92 Å². The third-order valence-electron chi connectivity index (χ3n) is 2.95. The average Bonchev–Trinajstić information content (AvgIpc) is 2.48. The Hall–Kier alpha value is -2.00. The highest BCUT2D eigenvalue weighted by Crippen LogP contribution is 2.24. The monoisotopic (exact) mass is 271 g/mol. The molecule has 0 saturated carbocycles. The first kappa shape index (κ1) is 14.4. The zero-order valence-electron chi connectivity index (χ0n) is 11.8. The molecule has 2 N–H and O–H groups in total. The van der Waals surface area contributed by atoms with Crippen LogP contribution in [-0.4, -0.2) is 13.2 Å². The summed E-state index contributed by atoms with van der Waals surface area (Å²) in [6, 6.07) is 15.7. The minimum absolute atomic E-state index is 0.704. The number of hydrogen-bond donors (Lipinski definition) is 1. The number of aryl methyl sites for hydroxylation is 1. The molecular formula is C17H21NO2. The molecule has 0 aliphatic carbocycles. The molecule has 106 valence electrons. The van der Waals surface area contributed by atoms with Crippen LogP contribution in [0.15, 0.2) is 48.5 Å². The van der Waals surface area contributed by atoms with Gasteiger partial charge in [-0.2, -0.15) is 0 Å². The second-order valence-electron chi connectivity index (χ2n) is 4.73. The Morgan fingerprint density at radius 1 is 0.800 bits per heavy atom. The topological polar surface area (TPSA) is 44.5 Å². The van der Waals surface area contributed by atoms with Crippen LogP contribution in [0.3, 0.4) is 0 Å². The predicted octanol–water partition coefficient (Wildman–Crippen LogP) is 3.91. The van der Waals surface area contributed by atoms with E-state index in [0.717, 1.165) is 30.1 Å². The van der Waals surface area contributed by atoms with E-state index in [0.29, 0.717) is 13.2 Å². The van der Waals surface area contributed by atoms with Crippen molar-refractivity contribution in [1.82, 2.24) is 0 Å². The third-order valence-corrected chi connectivity index (χ3v) is 2.95. The summed E-state index contributed by atoms with van der Waals surface area (Å²) in [5, 5.41) is 0. The van der Waals surface area contributed by atoms with Crippen LogP contribution in [-0.2, 0) is 0 Å². The lowest BCUT2D eigenvalue weighted by Gasteiger charge is -2.08. The quantitative estimate of drug-likeness (QED) is 0.777. The lowest BCUT2D eigenvalue weighted by atomic mass is 10.2. The Labute approximate surface area is 120 Å². The maximum atomic E-state index is 5.76. The number of ether oxygens (including phenoxy) is 2. The van der Waals surface area contributed by atoms with Gasteiger partial charge in [0.1, 0.15) is 17.2 Å². The fourth-order valence-corrected chi connectivity index (χ4v) is 1.78. The van der Waals surface area contributed by atoms with E-state index in [4.69, 9.17) is 15.2 Å². The van der Waals surface area contributed by atoms with E-state index >= 15 is 0 Å². The van der Waals surface area contributed by atoms with E-state index in [1.807, 2.05) is 48.5 Å². The Morgan fingerprint density at radius 2 is 1.35 bits per heavy atom. The smallest absolute Gasteiger partial charge is 0.127 e. The van der Waals surface area contributed by atoms with Gasteiger partial charge in [-0.05, 0) is 62.7 Å². The van der Waals surface area contributed by atoms with Gasteiger partial charge in [0.05, 0.1) is 6.61 Å². The molecule has 0 radical (unpaired) electrons. The molecule has 0 atom stereocenters. The molecule has 20 heavy (non-hydrogen) atoms. The first-order valence-electron chi connectivity index (χ1n) is 6.95. The van der Waals surface area contributed by atoms with E-state index in [1.165, 1.54) is 5.56 Å². The molecule has 0 fully saturated rings. The largest absolute Gasteiger partial charge is 0.494 e. The Kier molecular flexibility index (Phi) is 5.44.